The van der Waals surface area contributed by atoms with Gasteiger partial charge in [0, 0.05) is 49.4 Å². The first-order chi connectivity index (χ1) is 17.3. The summed E-state index contributed by atoms with van der Waals surface area (Å²) in [7, 11) is 0. The van der Waals surface area contributed by atoms with E-state index >= 15 is 0 Å². The first-order valence-corrected chi connectivity index (χ1v) is 13.1. The number of benzene rings is 1. The van der Waals surface area contributed by atoms with Crippen molar-refractivity contribution in [3.8, 4) is 0 Å². The maximum atomic E-state index is 13.0. The fourth-order valence-corrected chi connectivity index (χ4v) is 5.77. The molecule has 1 aliphatic heterocycles. The molecular formula is C28H33F3N4O. The van der Waals surface area contributed by atoms with Crippen LogP contribution < -0.4 is 0 Å². The number of hydrogen-bond donors (Lipinski definition) is 0. The lowest BCUT2D eigenvalue weighted by atomic mass is 9.78. The molecule has 0 saturated heterocycles. The fraction of sp³-hybridized carbons (Fsp3) is 0.536. The van der Waals surface area contributed by atoms with Gasteiger partial charge in [0.05, 0.1) is 17.6 Å². The van der Waals surface area contributed by atoms with Gasteiger partial charge < -0.3 is 0 Å². The highest BCUT2D eigenvalue weighted by atomic mass is 19.4. The van der Waals surface area contributed by atoms with Crippen LogP contribution in [0.5, 0.6) is 0 Å². The number of nitrogens with zero attached hydrogens (tertiary/aromatic N) is 4. The van der Waals surface area contributed by atoms with E-state index in [1.807, 2.05) is 30.3 Å². The Morgan fingerprint density at radius 1 is 1.03 bits per heavy atom. The van der Waals surface area contributed by atoms with Crippen LogP contribution in [0.2, 0.25) is 0 Å². The molecule has 1 aromatic carbocycles. The maximum absolute atomic E-state index is 13.0. The predicted octanol–water partition coefficient (Wildman–Crippen LogP) is 6.21. The average molecular weight is 499 g/mol. The Balaban J connectivity index is 1.06. The molecule has 1 fully saturated rings. The van der Waals surface area contributed by atoms with E-state index in [4.69, 9.17) is 0 Å². The minimum atomic E-state index is -4.15. The lowest BCUT2D eigenvalue weighted by Gasteiger charge is -2.31. The minimum Gasteiger partial charge on any atom is -0.297 e. The second-order valence-corrected chi connectivity index (χ2v) is 10.4. The molecule has 5 nitrogen and oxygen atoms in total. The summed E-state index contributed by atoms with van der Waals surface area (Å²) in [6.07, 6.45) is 5.61. The van der Waals surface area contributed by atoms with Crippen LogP contribution in [0.4, 0.5) is 13.2 Å². The van der Waals surface area contributed by atoms with E-state index in [1.54, 1.807) is 12.4 Å². The summed E-state index contributed by atoms with van der Waals surface area (Å²) in [6.45, 7) is 2.53. The highest BCUT2D eigenvalue weighted by Crippen LogP contribution is 2.34. The lowest BCUT2D eigenvalue weighted by molar-refractivity contribution is -0.137. The van der Waals surface area contributed by atoms with Gasteiger partial charge in [-0.25, -0.2) is 0 Å². The summed E-state index contributed by atoms with van der Waals surface area (Å²) in [4.78, 5) is 19.8. The number of fused-ring (bicyclic) bond motifs is 2. The van der Waals surface area contributed by atoms with Crippen molar-refractivity contribution in [1.82, 2.24) is 19.7 Å². The molecule has 0 spiro atoms. The third-order valence-electron chi connectivity index (χ3n) is 7.86. The molecule has 2 aromatic heterocycles. The molecular weight excluding hydrogens is 465 g/mol. The summed E-state index contributed by atoms with van der Waals surface area (Å²) >= 11 is 0. The SMILES string of the molecule is O=C(CC1CCC(CCN2CCc3cn(CCC(F)(F)F)nc3C2)CC1)c1cccc2ncccc12. The van der Waals surface area contributed by atoms with Crippen LogP contribution in [0.3, 0.4) is 0 Å². The van der Waals surface area contributed by atoms with Gasteiger partial charge in [0.1, 0.15) is 0 Å². The number of pyridine rings is 1. The van der Waals surface area contributed by atoms with Crippen molar-refractivity contribution in [2.75, 3.05) is 13.1 Å². The summed E-state index contributed by atoms with van der Waals surface area (Å²) in [5, 5.41) is 5.36. The topological polar surface area (TPSA) is 51.0 Å². The Kier molecular flexibility index (Phi) is 7.42. The van der Waals surface area contributed by atoms with Gasteiger partial charge in [-0.05, 0) is 61.8 Å². The van der Waals surface area contributed by atoms with Crippen LogP contribution in [-0.4, -0.2) is 44.7 Å². The average Bonchev–Trinajstić information content (AvgIpc) is 3.29. The molecule has 0 radical (unpaired) electrons. The summed E-state index contributed by atoms with van der Waals surface area (Å²) in [6, 6.07) is 9.63. The van der Waals surface area contributed by atoms with Gasteiger partial charge in [-0.1, -0.05) is 31.0 Å². The van der Waals surface area contributed by atoms with Crippen molar-refractivity contribution < 1.29 is 18.0 Å². The third-order valence-corrected chi connectivity index (χ3v) is 7.86. The minimum absolute atomic E-state index is 0.111. The predicted molar refractivity (Wildman–Crippen MR) is 133 cm³/mol. The number of carbonyl (C=O) groups excluding carboxylic acids is 1. The number of alkyl halides is 3. The number of hydrogen-bond acceptors (Lipinski definition) is 4. The van der Waals surface area contributed by atoms with Gasteiger partial charge in [0.2, 0.25) is 0 Å². The molecule has 0 atom stereocenters. The third kappa shape index (κ3) is 6.14. The molecule has 192 valence electrons. The van der Waals surface area contributed by atoms with Crippen LogP contribution in [0.1, 0.15) is 66.6 Å². The zero-order valence-electron chi connectivity index (χ0n) is 20.5. The first-order valence-electron chi connectivity index (χ1n) is 13.1. The molecule has 0 N–H and O–H groups in total. The van der Waals surface area contributed by atoms with Crippen LogP contribution in [0.25, 0.3) is 10.9 Å². The number of Topliss-reactive ketones (excluding diaryl/α,β-unsaturated/α-hetero) is 1. The smallest absolute Gasteiger partial charge is 0.297 e. The standard InChI is InChI=1S/C28H33F3N4O/c29-28(30,31)12-16-35-18-22-11-15-34(19-26(22)33-35)14-10-20-6-8-21(9-7-20)17-27(36)24-3-1-5-25-23(24)4-2-13-32-25/h1-5,13,18,20-21H,6-12,14-17,19H2. The lowest BCUT2D eigenvalue weighted by Crippen LogP contribution is -2.32. The summed E-state index contributed by atoms with van der Waals surface area (Å²) in [5.74, 6) is 1.33. The van der Waals surface area contributed by atoms with E-state index in [0.29, 0.717) is 18.3 Å². The van der Waals surface area contributed by atoms with E-state index in [-0.39, 0.29) is 12.3 Å². The monoisotopic (exact) mass is 498 g/mol. The Bertz CT molecular complexity index is 1190. The quantitative estimate of drug-likeness (QED) is 0.347. The van der Waals surface area contributed by atoms with E-state index in [1.165, 1.54) is 4.68 Å². The zero-order chi connectivity index (χ0) is 25.1. The van der Waals surface area contributed by atoms with Crippen molar-refractivity contribution in [2.45, 2.75) is 70.6 Å². The zero-order valence-corrected chi connectivity index (χ0v) is 20.5. The molecule has 36 heavy (non-hydrogen) atoms. The normalized spacial score (nSPS) is 21.0. The van der Waals surface area contributed by atoms with Gasteiger partial charge in [0.25, 0.3) is 0 Å². The largest absolute Gasteiger partial charge is 0.390 e. The van der Waals surface area contributed by atoms with Gasteiger partial charge >= 0.3 is 6.18 Å². The molecule has 1 aliphatic carbocycles. The second kappa shape index (κ2) is 10.7. The molecule has 0 bridgehead atoms. The van der Waals surface area contributed by atoms with E-state index in [0.717, 1.165) is 85.9 Å². The van der Waals surface area contributed by atoms with Crippen molar-refractivity contribution in [3.05, 3.63) is 59.5 Å². The van der Waals surface area contributed by atoms with E-state index in [9.17, 15) is 18.0 Å². The molecule has 8 heteroatoms. The number of aromatic nitrogens is 3. The molecule has 3 aromatic rings. The Labute approximate surface area is 209 Å². The Morgan fingerprint density at radius 2 is 1.83 bits per heavy atom. The number of carbonyl (C=O) groups is 1. The Morgan fingerprint density at radius 3 is 2.64 bits per heavy atom. The second-order valence-electron chi connectivity index (χ2n) is 10.4. The van der Waals surface area contributed by atoms with Crippen LogP contribution in [0, 0.1) is 11.8 Å². The van der Waals surface area contributed by atoms with Gasteiger partial charge in [0.15, 0.2) is 5.78 Å². The molecule has 5 rings (SSSR count). The Hall–Kier alpha value is -2.74. The van der Waals surface area contributed by atoms with E-state index in [2.05, 4.69) is 15.0 Å². The van der Waals surface area contributed by atoms with Crippen molar-refractivity contribution in [2.24, 2.45) is 11.8 Å². The van der Waals surface area contributed by atoms with Crippen molar-refractivity contribution >= 4 is 16.7 Å². The van der Waals surface area contributed by atoms with Crippen LogP contribution in [-0.2, 0) is 19.5 Å². The van der Waals surface area contributed by atoms with E-state index < -0.39 is 12.6 Å². The maximum Gasteiger partial charge on any atom is 0.390 e. The first kappa shape index (κ1) is 24.9. The summed E-state index contributed by atoms with van der Waals surface area (Å²) in [5.41, 5.74) is 3.66. The molecule has 0 amide bonds. The number of halogens is 3. The van der Waals surface area contributed by atoms with Crippen molar-refractivity contribution in [1.29, 1.82) is 0 Å². The summed E-state index contributed by atoms with van der Waals surface area (Å²) < 4.78 is 39.0. The highest BCUT2D eigenvalue weighted by molar-refractivity contribution is 6.07. The molecule has 1 saturated carbocycles. The number of aryl methyl sites for hydroxylation is 1. The van der Waals surface area contributed by atoms with Gasteiger partial charge in [-0.15, -0.1) is 0 Å². The van der Waals surface area contributed by atoms with Crippen LogP contribution >= 0.6 is 0 Å². The number of rotatable bonds is 8. The van der Waals surface area contributed by atoms with Gasteiger partial charge in [-0.2, -0.15) is 18.3 Å². The number of ketones is 1. The highest BCUT2D eigenvalue weighted by Gasteiger charge is 2.28. The van der Waals surface area contributed by atoms with Crippen molar-refractivity contribution in [3.63, 3.8) is 0 Å². The fourth-order valence-electron chi connectivity index (χ4n) is 5.77. The van der Waals surface area contributed by atoms with Crippen LogP contribution in [0.15, 0.2) is 42.7 Å². The molecule has 0 unspecified atom stereocenters. The molecule has 2 aliphatic rings. The molecule has 3 heterocycles. The van der Waals surface area contributed by atoms with Gasteiger partial charge in [-0.3, -0.25) is 19.4 Å².